The molecule has 24 heavy (non-hydrogen) atoms. The molecule has 4 heterocycles. The van der Waals surface area contributed by atoms with Crippen molar-refractivity contribution in [2.45, 2.75) is 45.3 Å². The van der Waals surface area contributed by atoms with E-state index in [1.807, 2.05) is 9.58 Å². The number of amides is 1. The van der Waals surface area contributed by atoms with Crippen LogP contribution in [0.4, 0.5) is 0 Å². The average Bonchev–Trinajstić information content (AvgIpc) is 3.21. The number of carbonyl (C=O) groups excluding carboxylic acids is 1. The van der Waals surface area contributed by atoms with E-state index in [0.717, 1.165) is 50.5 Å². The molecule has 0 unspecified atom stereocenters. The van der Waals surface area contributed by atoms with E-state index in [2.05, 4.69) is 25.4 Å². The van der Waals surface area contributed by atoms with Gasteiger partial charge in [0.05, 0.1) is 12.2 Å². The number of piperidine rings is 1. The number of aryl methyl sites for hydroxylation is 1. The third-order valence-electron chi connectivity index (χ3n) is 4.90. The minimum Gasteiger partial charge on any atom is -0.331 e. The molecule has 2 aromatic rings. The number of likely N-dealkylation sites (tertiary alicyclic amines) is 1. The number of nitrogens with one attached hydrogen (secondary N) is 1. The number of rotatable bonds is 3. The molecule has 1 saturated heterocycles. The predicted molar refractivity (Wildman–Crippen MR) is 87.1 cm³/mol. The molecular formula is C16H23N7O. The Hall–Kier alpha value is -2.22. The number of aromatic nitrogens is 5. The predicted octanol–water partition coefficient (Wildman–Crippen LogP) is 1.03. The Labute approximate surface area is 140 Å². The Balaban J connectivity index is 1.52. The summed E-state index contributed by atoms with van der Waals surface area (Å²) < 4.78 is 1.97. The standard InChI is InChI=1S/C16H23N7O/c24-16(13-5-6-17-18-13)22-9-4-10-23-15(12-22)14(19-20-23)11-21-7-2-1-3-8-21/h5-6H,1-4,7-12H2,(H,17,18). The SMILES string of the molecule is O=C(c1ccn[nH]1)N1CCCn2nnc(CN3CCCCC3)c2C1. The third-order valence-corrected chi connectivity index (χ3v) is 4.90. The molecule has 0 atom stereocenters. The highest BCUT2D eigenvalue weighted by Gasteiger charge is 2.25. The van der Waals surface area contributed by atoms with Crippen molar-refractivity contribution in [1.29, 1.82) is 0 Å². The summed E-state index contributed by atoms with van der Waals surface area (Å²) in [6.45, 7) is 5.20. The fraction of sp³-hybridized carbons (Fsp3) is 0.625. The second kappa shape index (κ2) is 6.72. The Morgan fingerprint density at radius 1 is 1.12 bits per heavy atom. The van der Waals surface area contributed by atoms with Crippen LogP contribution in [0.1, 0.15) is 47.6 Å². The van der Waals surface area contributed by atoms with Crippen molar-refractivity contribution in [2.24, 2.45) is 0 Å². The van der Waals surface area contributed by atoms with E-state index in [1.165, 1.54) is 19.3 Å². The lowest BCUT2D eigenvalue weighted by Crippen LogP contribution is -2.32. The number of hydrogen-bond acceptors (Lipinski definition) is 5. The molecule has 0 bridgehead atoms. The van der Waals surface area contributed by atoms with Gasteiger partial charge in [-0.2, -0.15) is 5.10 Å². The summed E-state index contributed by atoms with van der Waals surface area (Å²) in [5.74, 6) is -0.00827. The largest absolute Gasteiger partial charge is 0.331 e. The molecule has 0 aliphatic carbocycles. The first kappa shape index (κ1) is 15.3. The zero-order valence-corrected chi connectivity index (χ0v) is 13.8. The maximum absolute atomic E-state index is 12.6. The van der Waals surface area contributed by atoms with Gasteiger partial charge < -0.3 is 4.90 Å². The van der Waals surface area contributed by atoms with Crippen LogP contribution in [-0.4, -0.2) is 60.5 Å². The van der Waals surface area contributed by atoms with Gasteiger partial charge in [-0.05, 0) is 38.4 Å². The quantitative estimate of drug-likeness (QED) is 0.909. The van der Waals surface area contributed by atoms with Crippen molar-refractivity contribution >= 4 is 5.91 Å². The highest BCUT2D eigenvalue weighted by atomic mass is 16.2. The topological polar surface area (TPSA) is 82.9 Å². The summed E-state index contributed by atoms with van der Waals surface area (Å²) in [4.78, 5) is 17.0. The highest BCUT2D eigenvalue weighted by Crippen LogP contribution is 2.19. The van der Waals surface area contributed by atoms with E-state index in [0.29, 0.717) is 12.2 Å². The Kier molecular flexibility index (Phi) is 4.29. The molecule has 2 aliphatic rings. The highest BCUT2D eigenvalue weighted by molar-refractivity contribution is 5.92. The van der Waals surface area contributed by atoms with Gasteiger partial charge in [-0.1, -0.05) is 11.6 Å². The van der Waals surface area contributed by atoms with Crippen LogP contribution in [-0.2, 0) is 19.6 Å². The minimum atomic E-state index is -0.00827. The van der Waals surface area contributed by atoms with Gasteiger partial charge >= 0.3 is 0 Å². The van der Waals surface area contributed by atoms with Crippen molar-refractivity contribution in [1.82, 2.24) is 35.0 Å². The van der Waals surface area contributed by atoms with Gasteiger partial charge in [-0.15, -0.1) is 5.10 Å². The van der Waals surface area contributed by atoms with Crippen LogP contribution in [0.15, 0.2) is 12.3 Å². The lowest BCUT2D eigenvalue weighted by Gasteiger charge is -2.26. The summed E-state index contributed by atoms with van der Waals surface area (Å²) in [7, 11) is 0. The summed E-state index contributed by atoms with van der Waals surface area (Å²) in [5.41, 5.74) is 2.63. The smallest absolute Gasteiger partial charge is 0.272 e. The van der Waals surface area contributed by atoms with Gasteiger partial charge in [-0.3, -0.25) is 14.8 Å². The van der Waals surface area contributed by atoms with Crippen LogP contribution in [0.2, 0.25) is 0 Å². The van der Waals surface area contributed by atoms with E-state index in [9.17, 15) is 4.79 Å². The molecule has 2 aromatic heterocycles. The lowest BCUT2D eigenvalue weighted by molar-refractivity contribution is 0.0739. The summed E-state index contributed by atoms with van der Waals surface area (Å²) in [6, 6.07) is 1.72. The molecule has 4 rings (SSSR count). The van der Waals surface area contributed by atoms with E-state index >= 15 is 0 Å². The molecule has 0 saturated carbocycles. The lowest BCUT2D eigenvalue weighted by atomic mass is 10.1. The normalized spacial score (nSPS) is 19.1. The molecule has 1 N–H and O–H groups in total. The number of carbonyl (C=O) groups is 1. The molecular weight excluding hydrogens is 306 g/mol. The van der Waals surface area contributed by atoms with E-state index in [1.54, 1.807) is 12.3 Å². The molecule has 1 amide bonds. The summed E-state index contributed by atoms with van der Waals surface area (Å²) in [6.07, 6.45) is 6.34. The monoisotopic (exact) mass is 329 g/mol. The van der Waals surface area contributed by atoms with Gasteiger partial charge in [0.1, 0.15) is 11.4 Å². The molecule has 8 heteroatoms. The Bertz CT molecular complexity index is 687. The van der Waals surface area contributed by atoms with Gasteiger partial charge in [0.25, 0.3) is 5.91 Å². The Morgan fingerprint density at radius 3 is 2.79 bits per heavy atom. The molecule has 0 spiro atoms. The number of nitrogens with zero attached hydrogens (tertiary/aromatic N) is 6. The molecule has 2 aliphatic heterocycles. The molecule has 128 valence electrons. The van der Waals surface area contributed by atoms with Crippen LogP contribution in [0.25, 0.3) is 0 Å². The minimum absolute atomic E-state index is 0.00827. The number of fused-ring (bicyclic) bond motifs is 1. The Morgan fingerprint density at radius 2 is 2.00 bits per heavy atom. The summed E-state index contributed by atoms with van der Waals surface area (Å²) in [5, 5.41) is 15.4. The van der Waals surface area contributed by atoms with Crippen molar-refractivity contribution < 1.29 is 4.79 Å². The van der Waals surface area contributed by atoms with Crippen LogP contribution in [0.5, 0.6) is 0 Å². The van der Waals surface area contributed by atoms with Gasteiger partial charge in [-0.25, -0.2) is 4.68 Å². The maximum Gasteiger partial charge on any atom is 0.272 e. The second-order valence-corrected chi connectivity index (χ2v) is 6.59. The number of hydrogen-bond donors (Lipinski definition) is 1. The summed E-state index contributed by atoms with van der Waals surface area (Å²) >= 11 is 0. The van der Waals surface area contributed by atoms with Crippen LogP contribution < -0.4 is 0 Å². The van der Waals surface area contributed by atoms with E-state index in [-0.39, 0.29) is 5.91 Å². The van der Waals surface area contributed by atoms with Gasteiger partial charge in [0, 0.05) is 25.8 Å². The van der Waals surface area contributed by atoms with Crippen molar-refractivity contribution in [3.63, 3.8) is 0 Å². The average molecular weight is 329 g/mol. The second-order valence-electron chi connectivity index (χ2n) is 6.59. The fourth-order valence-electron chi connectivity index (χ4n) is 3.56. The number of aromatic amines is 1. The van der Waals surface area contributed by atoms with Crippen LogP contribution in [0.3, 0.4) is 0 Å². The van der Waals surface area contributed by atoms with Gasteiger partial charge in [0.15, 0.2) is 0 Å². The first-order valence-electron chi connectivity index (χ1n) is 8.73. The zero-order chi connectivity index (χ0) is 16.4. The van der Waals surface area contributed by atoms with E-state index in [4.69, 9.17) is 0 Å². The fourth-order valence-corrected chi connectivity index (χ4v) is 3.56. The first-order valence-corrected chi connectivity index (χ1v) is 8.73. The first-order chi connectivity index (χ1) is 11.8. The molecule has 1 fully saturated rings. The van der Waals surface area contributed by atoms with Crippen LogP contribution >= 0.6 is 0 Å². The van der Waals surface area contributed by atoms with Crippen molar-refractivity contribution in [2.75, 3.05) is 19.6 Å². The molecule has 0 aromatic carbocycles. The van der Waals surface area contributed by atoms with Crippen LogP contribution in [0, 0.1) is 0 Å². The number of H-pyrrole nitrogens is 1. The van der Waals surface area contributed by atoms with Crippen molar-refractivity contribution in [3.05, 3.63) is 29.3 Å². The molecule has 0 radical (unpaired) electrons. The maximum atomic E-state index is 12.6. The zero-order valence-electron chi connectivity index (χ0n) is 13.8. The van der Waals surface area contributed by atoms with Gasteiger partial charge in [0.2, 0.25) is 0 Å². The molecule has 8 nitrogen and oxygen atoms in total. The third kappa shape index (κ3) is 3.06. The van der Waals surface area contributed by atoms with E-state index < -0.39 is 0 Å². The van der Waals surface area contributed by atoms with Crippen molar-refractivity contribution in [3.8, 4) is 0 Å².